The Morgan fingerprint density at radius 3 is 2.78 bits per heavy atom. The van der Waals surface area contributed by atoms with Gasteiger partial charge in [0.1, 0.15) is 11.0 Å². The number of β-amino-alcohol motifs (C(OH)–C–C–N with tert-alkyl or cyclic N) is 1. The van der Waals surface area contributed by atoms with Crippen molar-refractivity contribution in [2.24, 2.45) is 0 Å². The molecule has 0 spiro atoms. The Balaban J connectivity index is 2.06. The molecule has 1 aromatic rings. The summed E-state index contributed by atoms with van der Waals surface area (Å²) in [6.45, 7) is 1.74. The minimum absolute atomic E-state index is 0.000581. The van der Waals surface area contributed by atoms with Gasteiger partial charge in [0.15, 0.2) is 0 Å². The van der Waals surface area contributed by atoms with Gasteiger partial charge < -0.3 is 15.1 Å². The fraction of sp³-hybridized carbons (Fsp3) is 0.556. The number of nitrogens with zero attached hydrogens (tertiary/aromatic N) is 3. The summed E-state index contributed by atoms with van der Waals surface area (Å²) in [6, 6.07) is -1.59. The molecule has 2 atom stereocenters. The molecule has 98 valence electrons. The van der Waals surface area contributed by atoms with Crippen LogP contribution in [0.5, 0.6) is 0 Å². The van der Waals surface area contributed by atoms with E-state index < -0.39 is 24.1 Å². The zero-order valence-electron chi connectivity index (χ0n) is 9.53. The van der Waals surface area contributed by atoms with Crippen LogP contribution >= 0.6 is 11.3 Å². The lowest BCUT2D eigenvalue weighted by molar-refractivity contribution is -0.141. The van der Waals surface area contributed by atoms with E-state index in [0.717, 1.165) is 4.90 Å². The van der Waals surface area contributed by atoms with Crippen LogP contribution in [0, 0.1) is 6.92 Å². The summed E-state index contributed by atoms with van der Waals surface area (Å²) in [5.74, 6) is -1.13. The summed E-state index contributed by atoms with van der Waals surface area (Å²) in [6.07, 6.45) is -0.772. The second kappa shape index (κ2) is 4.86. The number of carboxylic acid groups (broad SMARTS) is 1. The average molecular weight is 272 g/mol. The fourth-order valence-electron chi connectivity index (χ4n) is 1.78. The normalized spacial score (nSPS) is 23.1. The SMILES string of the molecule is Cc1nnc(NC(=O)N2C[C@H](O)C[C@H]2C(=O)O)s1. The molecule has 8 nitrogen and oxygen atoms in total. The lowest BCUT2D eigenvalue weighted by Gasteiger charge is -2.20. The first-order chi connectivity index (χ1) is 8.47. The van der Waals surface area contributed by atoms with Gasteiger partial charge in [0.2, 0.25) is 5.13 Å². The van der Waals surface area contributed by atoms with Crippen LogP contribution in [0.3, 0.4) is 0 Å². The minimum atomic E-state index is -1.13. The van der Waals surface area contributed by atoms with Crippen LogP contribution in [0.4, 0.5) is 9.93 Å². The van der Waals surface area contributed by atoms with Gasteiger partial charge in [-0.25, -0.2) is 9.59 Å². The first-order valence-electron chi connectivity index (χ1n) is 5.26. The molecular formula is C9H12N4O4S. The van der Waals surface area contributed by atoms with Gasteiger partial charge in [-0.2, -0.15) is 0 Å². The molecule has 0 unspecified atom stereocenters. The van der Waals surface area contributed by atoms with Crippen LogP contribution in [-0.4, -0.2) is 56.0 Å². The van der Waals surface area contributed by atoms with Crippen LogP contribution in [0.2, 0.25) is 0 Å². The Morgan fingerprint density at radius 1 is 1.50 bits per heavy atom. The number of aliphatic hydroxyl groups excluding tert-OH is 1. The van der Waals surface area contributed by atoms with Gasteiger partial charge in [0.25, 0.3) is 0 Å². The monoisotopic (exact) mass is 272 g/mol. The summed E-state index contributed by atoms with van der Waals surface area (Å²) in [5, 5.41) is 29.3. The third-order valence-electron chi connectivity index (χ3n) is 2.56. The lowest BCUT2D eigenvalue weighted by atomic mass is 10.2. The molecule has 9 heteroatoms. The number of rotatable bonds is 2. The molecule has 2 amide bonds. The molecule has 1 saturated heterocycles. The summed E-state index contributed by atoms with van der Waals surface area (Å²) in [5.41, 5.74) is 0. The number of aryl methyl sites for hydroxylation is 1. The van der Waals surface area contributed by atoms with Gasteiger partial charge in [-0.05, 0) is 6.92 Å². The van der Waals surface area contributed by atoms with Crippen molar-refractivity contribution >= 4 is 28.5 Å². The second-order valence-electron chi connectivity index (χ2n) is 3.95. The van der Waals surface area contributed by atoms with E-state index in [2.05, 4.69) is 15.5 Å². The number of aromatic nitrogens is 2. The Bertz CT molecular complexity index is 477. The molecule has 0 saturated carbocycles. The largest absolute Gasteiger partial charge is 0.480 e. The van der Waals surface area contributed by atoms with Crippen molar-refractivity contribution in [1.82, 2.24) is 15.1 Å². The topological polar surface area (TPSA) is 116 Å². The second-order valence-corrected chi connectivity index (χ2v) is 5.13. The summed E-state index contributed by atoms with van der Waals surface area (Å²) in [7, 11) is 0. The number of carbonyl (C=O) groups is 2. The molecular weight excluding hydrogens is 260 g/mol. The Labute approximate surface area is 106 Å². The van der Waals surface area contributed by atoms with Gasteiger partial charge in [0, 0.05) is 13.0 Å². The highest BCUT2D eigenvalue weighted by atomic mass is 32.1. The van der Waals surface area contributed by atoms with Crippen LogP contribution in [0.25, 0.3) is 0 Å². The molecule has 3 N–H and O–H groups in total. The molecule has 0 aromatic carbocycles. The van der Waals surface area contributed by atoms with Crippen LogP contribution in [0.15, 0.2) is 0 Å². The maximum Gasteiger partial charge on any atom is 0.326 e. The standard InChI is InChI=1S/C9H12N4O4S/c1-4-11-12-8(18-4)10-9(17)13-3-5(14)2-6(13)7(15)16/h5-6,14H,2-3H2,1H3,(H,15,16)(H,10,12,17)/t5-,6+/m1/s1. The Hall–Kier alpha value is -1.74. The zero-order chi connectivity index (χ0) is 13.3. The third kappa shape index (κ3) is 2.57. The predicted octanol–water partition coefficient (Wildman–Crippen LogP) is -0.102. The van der Waals surface area contributed by atoms with E-state index in [1.54, 1.807) is 6.92 Å². The average Bonchev–Trinajstić information content (AvgIpc) is 2.85. The van der Waals surface area contributed by atoms with Crippen molar-refractivity contribution in [2.45, 2.75) is 25.5 Å². The number of hydrogen-bond acceptors (Lipinski definition) is 6. The number of urea groups is 1. The number of hydrogen-bond donors (Lipinski definition) is 3. The maximum absolute atomic E-state index is 11.9. The first kappa shape index (κ1) is 12.7. The van der Waals surface area contributed by atoms with Gasteiger partial charge in [-0.1, -0.05) is 11.3 Å². The van der Waals surface area contributed by atoms with Crippen molar-refractivity contribution < 1.29 is 19.8 Å². The van der Waals surface area contributed by atoms with Gasteiger partial charge in [0.05, 0.1) is 6.10 Å². The fourth-order valence-corrected chi connectivity index (χ4v) is 2.36. The minimum Gasteiger partial charge on any atom is -0.480 e. The zero-order valence-corrected chi connectivity index (χ0v) is 10.3. The van der Waals surface area contributed by atoms with Crippen LogP contribution in [-0.2, 0) is 4.79 Å². The van der Waals surface area contributed by atoms with E-state index in [4.69, 9.17) is 5.11 Å². The van der Waals surface area contributed by atoms with Crippen molar-refractivity contribution in [3.8, 4) is 0 Å². The number of carbonyl (C=O) groups excluding carboxylic acids is 1. The maximum atomic E-state index is 11.9. The highest BCUT2D eigenvalue weighted by Gasteiger charge is 2.39. The molecule has 0 radical (unpaired) electrons. The molecule has 1 aliphatic rings. The quantitative estimate of drug-likeness (QED) is 0.692. The van der Waals surface area contributed by atoms with E-state index in [-0.39, 0.29) is 13.0 Å². The van der Waals surface area contributed by atoms with Crippen molar-refractivity contribution in [2.75, 3.05) is 11.9 Å². The smallest absolute Gasteiger partial charge is 0.326 e. The van der Waals surface area contributed by atoms with Crippen LogP contribution < -0.4 is 5.32 Å². The molecule has 0 aliphatic carbocycles. The highest BCUT2D eigenvalue weighted by Crippen LogP contribution is 2.20. The molecule has 2 rings (SSSR count). The summed E-state index contributed by atoms with van der Waals surface area (Å²) >= 11 is 1.19. The summed E-state index contributed by atoms with van der Waals surface area (Å²) < 4.78 is 0. The number of aliphatic carboxylic acids is 1. The number of likely N-dealkylation sites (tertiary alicyclic amines) is 1. The van der Waals surface area contributed by atoms with E-state index in [1.165, 1.54) is 11.3 Å². The van der Waals surface area contributed by atoms with E-state index in [9.17, 15) is 14.7 Å². The Kier molecular flexibility index (Phi) is 3.43. The number of aliphatic hydroxyl groups is 1. The molecule has 2 heterocycles. The molecule has 1 fully saturated rings. The van der Waals surface area contributed by atoms with Crippen molar-refractivity contribution in [1.29, 1.82) is 0 Å². The predicted molar refractivity (Wildman–Crippen MR) is 62.4 cm³/mol. The summed E-state index contributed by atoms with van der Waals surface area (Å²) in [4.78, 5) is 23.9. The first-order valence-corrected chi connectivity index (χ1v) is 6.07. The number of carboxylic acids is 1. The van der Waals surface area contributed by atoms with Crippen molar-refractivity contribution in [3.05, 3.63) is 5.01 Å². The number of nitrogens with one attached hydrogen (secondary N) is 1. The third-order valence-corrected chi connectivity index (χ3v) is 3.32. The van der Waals surface area contributed by atoms with E-state index in [0.29, 0.717) is 10.1 Å². The molecule has 18 heavy (non-hydrogen) atoms. The number of amides is 2. The molecule has 1 aliphatic heterocycles. The lowest BCUT2D eigenvalue weighted by Crippen LogP contribution is -2.43. The highest BCUT2D eigenvalue weighted by molar-refractivity contribution is 7.15. The van der Waals surface area contributed by atoms with Gasteiger partial charge >= 0.3 is 12.0 Å². The van der Waals surface area contributed by atoms with E-state index >= 15 is 0 Å². The van der Waals surface area contributed by atoms with Crippen molar-refractivity contribution in [3.63, 3.8) is 0 Å². The molecule has 0 bridgehead atoms. The van der Waals surface area contributed by atoms with Crippen LogP contribution in [0.1, 0.15) is 11.4 Å². The number of anilines is 1. The van der Waals surface area contributed by atoms with E-state index in [1.807, 2.05) is 0 Å². The van der Waals surface area contributed by atoms with Gasteiger partial charge in [-0.3, -0.25) is 5.32 Å². The Morgan fingerprint density at radius 2 is 2.22 bits per heavy atom. The molecule has 1 aromatic heterocycles. The van der Waals surface area contributed by atoms with Gasteiger partial charge in [-0.15, -0.1) is 10.2 Å².